The van der Waals surface area contributed by atoms with Crippen molar-refractivity contribution >= 4 is 11.9 Å². The monoisotopic (exact) mass is 256 g/mol. The first-order valence-corrected chi connectivity index (χ1v) is 5.78. The van der Waals surface area contributed by atoms with E-state index in [-0.39, 0.29) is 24.2 Å². The minimum absolute atomic E-state index is 0.153. The molecule has 0 fully saturated rings. The highest BCUT2D eigenvalue weighted by Gasteiger charge is 2.10. The molecule has 18 heavy (non-hydrogen) atoms. The number of ether oxygens (including phenoxy) is 1. The van der Waals surface area contributed by atoms with Crippen LogP contribution in [0.4, 0.5) is 0 Å². The quantitative estimate of drug-likeness (QED) is 0.372. The number of hydrogen-bond acceptors (Lipinski definition) is 4. The molecule has 1 atom stereocenters. The van der Waals surface area contributed by atoms with Gasteiger partial charge in [0.15, 0.2) is 0 Å². The van der Waals surface area contributed by atoms with Gasteiger partial charge < -0.3 is 14.9 Å². The number of hydrogen-bond donors (Lipinski definition) is 2. The van der Waals surface area contributed by atoms with Crippen molar-refractivity contribution in [2.45, 2.75) is 38.7 Å². The summed E-state index contributed by atoms with van der Waals surface area (Å²) in [4.78, 5) is 21.8. The zero-order valence-corrected chi connectivity index (χ0v) is 10.6. The second-order valence-corrected chi connectivity index (χ2v) is 4.16. The molecule has 0 saturated carbocycles. The summed E-state index contributed by atoms with van der Waals surface area (Å²) < 4.78 is 4.92. The van der Waals surface area contributed by atoms with Crippen LogP contribution < -0.4 is 0 Å². The fourth-order valence-electron chi connectivity index (χ4n) is 1.25. The molecule has 5 nitrogen and oxygen atoms in total. The molecule has 1 unspecified atom stereocenters. The Balaban J connectivity index is 3.66. The molecule has 0 bridgehead atoms. The van der Waals surface area contributed by atoms with Gasteiger partial charge in [0.1, 0.15) is 0 Å². The number of carboxylic acids is 1. The summed E-state index contributed by atoms with van der Waals surface area (Å²) in [5.74, 6) is -1.52. The molecule has 0 aromatic carbocycles. The predicted molar refractivity (Wildman–Crippen MR) is 67.0 cm³/mol. The molecule has 5 heteroatoms. The lowest BCUT2D eigenvalue weighted by Gasteiger charge is -2.08. The Labute approximate surface area is 107 Å². The summed E-state index contributed by atoms with van der Waals surface area (Å²) in [5, 5.41) is 17.6. The van der Waals surface area contributed by atoms with E-state index >= 15 is 0 Å². The van der Waals surface area contributed by atoms with Gasteiger partial charge in [-0.3, -0.25) is 0 Å². The van der Waals surface area contributed by atoms with Gasteiger partial charge in [0, 0.05) is 17.6 Å². The van der Waals surface area contributed by atoms with Gasteiger partial charge in [-0.2, -0.15) is 0 Å². The number of carboxylic acid groups (broad SMARTS) is 1. The fraction of sp³-hybridized carbons (Fsp3) is 0.538. The predicted octanol–water partition coefficient (Wildman–Crippen LogP) is 1.67. The van der Waals surface area contributed by atoms with Crippen LogP contribution in [0.15, 0.2) is 24.3 Å². The van der Waals surface area contributed by atoms with Gasteiger partial charge in [-0.1, -0.05) is 13.2 Å². The zero-order valence-electron chi connectivity index (χ0n) is 10.6. The molecule has 0 heterocycles. The topological polar surface area (TPSA) is 83.8 Å². The minimum atomic E-state index is -1.00. The third-order valence-electron chi connectivity index (χ3n) is 2.24. The molecular formula is C13H20O5. The Morgan fingerprint density at radius 3 is 2.33 bits per heavy atom. The van der Waals surface area contributed by atoms with Crippen LogP contribution in [0.1, 0.15) is 32.6 Å². The molecule has 0 rings (SSSR count). The van der Waals surface area contributed by atoms with Crippen LogP contribution in [0.3, 0.4) is 0 Å². The third-order valence-corrected chi connectivity index (χ3v) is 2.24. The number of aliphatic hydroxyl groups excluding tert-OH is 1. The highest BCUT2D eigenvalue weighted by Crippen LogP contribution is 2.08. The van der Waals surface area contributed by atoms with Gasteiger partial charge in [0.25, 0.3) is 0 Å². The van der Waals surface area contributed by atoms with Crippen molar-refractivity contribution in [3.8, 4) is 0 Å². The molecule has 0 aliphatic carbocycles. The molecule has 0 aliphatic rings. The van der Waals surface area contributed by atoms with Crippen LogP contribution in [0.5, 0.6) is 0 Å². The summed E-state index contributed by atoms with van der Waals surface area (Å²) >= 11 is 0. The van der Waals surface area contributed by atoms with E-state index in [1.54, 1.807) is 6.92 Å². The molecule has 0 aromatic rings. The number of aliphatic hydroxyl groups is 1. The average molecular weight is 256 g/mol. The van der Waals surface area contributed by atoms with Crippen LogP contribution >= 0.6 is 0 Å². The Hall–Kier alpha value is -1.62. The fourth-order valence-corrected chi connectivity index (χ4v) is 1.25. The Kier molecular flexibility index (Phi) is 7.71. The summed E-state index contributed by atoms with van der Waals surface area (Å²) in [5.41, 5.74) is 0.389. The maximum Gasteiger partial charge on any atom is 0.333 e. The maximum absolute atomic E-state index is 11.3. The van der Waals surface area contributed by atoms with Crippen LogP contribution in [0.2, 0.25) is 0 Å². The number of rotatable bonds is 9. The number of aliphatic carboxylic acids is 1. The first kappa shape index (κ1) is 16.4. The summed E-state index contributed by atoms with van der Waals surface area (Å²) in [7, 11) is 0. The van der Waals surface area contributed by atoms with E-state index in [1.807, 2.05) is 0 Å². The van der Waals surface area contributed by atoms with Crippen molar-refractivity contribution in [2.75, 3.05) is 6.61 Å². The second kappa shape index (κ2) is 8.47. The first-order chi connectivity index (χ1) is 8.34. The van der Waals surface area contributed by atoms with Crippen molar-refractivity contribution in [3.63, 3.8) is 0 Å². The number of carbonyl (C=O) groups is 2. The molecule has 102 valence electrons. The lowest BCUT2D eigenvalue weighted by Crippen LogP contribution is -2.12. The van der Waals surface area contributed by atoms with E-state index in [9.17, 15) is 9.59 Å². The van der Waals surface area contributed by atoms with Crippen LogP contribution in [0.25, 0.3) is 0 Å². The van der Waals surface area contributed by atoms with E-state index in [0.29, 0.717) is 19.3 Å². The Bertz CT molecular complexity index is 330. The van der Waals surface area contributed by atoms with E-state index < -0.39 is 18.0 Å². The minimum Gasteiger partial charge on any atom is -0.478 e. The number of esters is 1. The smallest absolute Gasteiger partial charge is 0.333 e. The molecule has 0 saturated heterocycles. The van der Waals surface area contributed by atoms with E-state index in [1.165, 1.54) is 0 Å². The molecule has 0 aliphatic heterocycles. The lowest BCUT2D eigenvalue weighted by atomic mass is 10.1. The van der Waals surface area contributed by atoms with Gasteiger partial charge in [-0.15, -0.1) is 0 Å². The molecular weight excluding hydrogens is 236 g/mol. The average Bonchev–Trinajstić information content (AvgIpc) is 2.26. The largest absolute Gasteiger partial charge is 0.478 e. The highest BCUT2D eigenvalue weighted by atomic mass is 16.5. The van der Waals surface area contributed by atoms with E-state index in [4.69, 9.17) is 14.9 Å². The molecule has 0 amide bonds. The number of unbranched alkanes of at least 4 members (excludes halogenated alkanes) is 1. The van der Waals surface area contributed by atoms with Gasteiger partial charge in [0.05, 0.1) is 12.7 Å². The van der Waals surface area contributed by atoms with Gasteiger partial charge in [-0.25, -0.2) is 9.59 Å². The first-order valence-electron chi connectivity index (χ1n) is 5.78. The summed E-state index contributed by atoms with van der Waals surface area (Å²) in [6.07, 6.45) is 1.11. The molecule has 0 aromatic heterocycles. The summed E-state index contributed by atoms with van der Waals surface area (Å²) in [6.45, 7) is 8.70. The van der Waals surface area contributed by atoms with Crippen LogP contribution in [-0.4, -0.2) is 34.9 Å². The molecule has 0 spiro atoms. The van der Waals surface area contributed by atoms with E-state index in [2.05, 4.69) is 13.2 Å². The maximum atomic E-state index is 11.3. The lowest BCUT2D eigenvalue weighted by molar-refractivity contribution is -0.139. The van der Waals surface area contributed by atoms with Crippen LogP contribution in [0, 0.1) is 0 Å². The van der Waals surface area contributed by atoms with Gasteiger partial charge >= 0.3 is 11.9 Å². The van der Waals surface area contributed by atoms with Crippen molar-refractivity contribution in [1.29, 1.82) is 0 Å². The molecule has 0 radical (unpaired) electrons. The van der Waals surface area contributed by atoms with Crippen molar-refractivity contribution in [3.05, 3.63) is 24.3 Å². The highest BCUT2D eigenvalue weighted by molar-refractivity contribution is 5.87. The normalized spacial score (nSPS) is 11.7. The third kappa shape index (κ3) is 7.62. The summed E-state index contributed by atoms with van der Waals surface area (Å²) in [6, 6.07) is 0. The van der Waals surface area contributed by atoms with Gasteiger partial charge in [-0.05, 0) is 26.2 Å². The Morgan fingerprint density at radius 1 is 1.22 bits per heavy atom. The SMILES string of the molecule is C=C(CCCCOC(=O)C(=C)CC(C)O)C(=O)O. The van der Waals surface area contributed by atoms with Crippen LogP contribution in [-0.2, 0) is 14.3 Å². The molecule has 2 N–H and O–H groups in total. The van der Waals surface area contributed by atoms with E-state index in [0.717, 1.165) is 0 Å². The zero-order chi connectivity index (χ0) is 14.1. The number of carbonyl (C=O) groups excluding carboxylic acids is 1. The van der Waals surface area contributed by atoms with Crippen molar-refractivity contribution in [2.24, 2.45) is 0 Å². The second-order valence-electron chi connectivity index (χ2n) is 4.16. The van der Waals surface area contributed by atoms with Crippen molar-refractivity contribution < 1.29 is 24.5 Å². The van der Waals surface area contributed by atoms with Crippen molar-refractivity contribution in [1.82, 2.24) is 0 Å². The van der Waals surface area contributed by atoms with Gasteiger partial charge in [0.2, 0.25) is 0 Å². The Morgan fingerprint density at radius 2 is 1.83 bits per heavy atom. The standard InChI is InChI=1S/C13H20O5/c1-9(12(15)16)6-4-5-7-18-13(17)10(2)8-11(3)14/h11,14H,1-2,4-8H2,3H3,(H,15,16).